The average molecular weight is 249 g/mol. The van der Waals surface area contributed by atoms with E-state index in [1.165, 1.54) is 0 Å². The molecular formula is C14H19NOS. The van der Waals surface area contributed by atoms with E-state index in [4.69, 9.17) is 10.2 Å². The maximum atomic E-state index is 6.14. The minimum Gasteiger partial charge on any atom is -0.459 e. The molecule has 2 nitrogen and oxygen atoms in total. The van der Waals surface area contributed by atoms with Gasteiger partial charge < -0.3 is 10.2 Å². The number of para-hydroxylation sites is 1. The highest BCUT2D eigenvalue weighted by Crippen LogP contribution is 2.27. The molecule has 0 aliphatic carbocycles. The first-order valence-electron chi connectivity index (χ1n) is 5.94. The van der Waals surface area contributed by atoms with E-state index in [0.717, 1.165) is 28.0 Å². The summed E-state index contributed by atoms with van der Waals surface area (Å²) in [5.41, 5.74) is 8.27. The van der Waals surface area contributed by atoms with Gasteiger partial charge in [-0.25, -0.2) is 0 Å². The van der Waals surface area contributed by atoms with E-state index < -0.39 is 0 Å². The van der Waals surface area contributed by atoms with Gasteiger partial charge in [-0.2, -0.15) is 11.8 Å². The van der Waals surface area contributed by atoms with Crippen LogP contribution >= 0.6 is 11.8 Å². The van der Waals surface area contributed by atoms with Gasteiger partial charge in [0.1, 0.15) is 11.3 Å². The number of fused-ring (bicyclic) bond motifs is 1. The van der Waals surface area contributed by atoms with Gasteiger partial charge in [-0.15, -0.1) is 0 Å². The van der Waals surface area contributed by atoms with E-state index in [2.05, 4.69) is 39.0 Å². The fourth-order valence-corrected chi connectivity index (χ4v) is 2.55. The van der Waals surface area contributed by atoms with Crippen LogP contribution in [0.25, 0.3) is 11.0 Å². The van der Waals surface area contributed by atoms with E-state index in [1.807, 2.05) is 17.8 Å². The molecule has 0 saturated heterocycles. The largest absolute Gasteiger partial charge is 0.459 e. The SMILES string of the molecule is Cc1cccc2cc(C(N)CSC(C)C)oc12. The van der Waals surface area contributed by atoms with Gasteiger partial charge in [0.15, 0.2) is 0 Å². The van der Waals surface area contributed by atoms with Crippen molar-refractivity contribution in [1.29, 1.82) is 0 Å². The molecule has 92 valence electrons. The molecule has 0 saturated carbocycles. The number of hydrogen-bond acceptors (Lipinski definition) is 3. The van der Waals surface area contributed by atoms with Crippen molar-refractivity contribution < 1.29 is 4.42 Å². The number of nitrogens with two attached hydrogens (primary N) is 1. The maximum absolute atomic E-state index is 6.14. The molecule has 0 radical (unpaired) electrons. The Hall–Kier alpha value is -0.930. The first kappa shape index (κ1) is 12.5. The van der Waals surface area contributed by atoms with E-state index >= 15 is 0 Å². The smallest absolute Gasteiger partial charge is 0.137 e. The molecule has 0 bridgehead atoms. The first-order valence-corrected chi connectivity index (χ1v) is 6.99. The Morgan fingerprint density at radius 1 is 1.35 bits per heavy atom. The summed E-state index contributed by atoms with van der Waals surface area (Å²) < 4.78 is 5.85. The van der Waals surface area contributed by atoms with Gasteiger partial charge >= 0.3 is 0 Å². The van der Waals surface area contributed by atoms with Crippen LogP contribution in [0.15, 0.2) is 28.7 Å². The minimum absolute atomic E-state index is 0.0193. The molecule has 0 aliphatic rings. The summed E-state index contributed by atoms with van der Waals surface area (Å²) in [6.45, 7) is 6.42. The summed E-state index contributed by atoms with van der Waals surface area (Å²) in [5, 5.41) is 1.75. The van der Waals surface area contributed by atoms with Crippen molar-refractivity contribution in [3.63, 3.8) is 0 Å². The monoisotopic (exact) mass is 249 g/mol. The lowest BCUT2D eigenvalue weighted by Gasteiger charge is -2.09. The van der Waals surface area contributed by atoms with Gasteiger partial charge in [0.25, 0.3) is 0 Å². The number of rotatable bonds is 4. The molecule has 0 amide bonds. The molecule has 0 aliphatic heterocycles. The molecule has 2 rings (SSSR count). The van der Waals surface area contributed by atoms with E-state index in [-0.39, 0.29) is 6.04 Å². The molecule has 0 spiro atoms. The minimum atomic E-state index is -0.0193. The number of furan rings is 1. The van der Waals surface area contributed by atoms with E-state index in [0.29, 0.717) is 5.25 Å². The zero-order valence-electron chi connectivity index (χ0n) is 10.6. The Balaban J connectivity index is 2.21. The van der Waals surface area contributed by atoms with Crippen molar-refractivity contribution in [2.45, 2.75) is 32.1 Å². The molecule has 2 N–H and O–H groups in total. The molecule has 2 aromatic rings. The van der Waals surface area contributed by atoms with Crippen LogP contribution in [0.4, 0.5) is 0 Å². The highest BCUT2D eigenvalue weighted by molar-refractivity contribution is 7.99. The number of aryl methyl sites for hydroxylation is 1. The van der Waals surface area contributed by atoms with Gasteiger partial charge in [0.2, 0.25) is 0 Å². The highest BCUT2D eigenvalue weighted by Gasteiger charge is 2.13. The van der Waals surface area contributed by atoms with Crippen LogP contribution in [0.5, 0.6) is 0 Å². The van der Waals surface area contributed by atoms with Gasteiger partial charge in [0, 0.05) is 11.1 Å². The quantitative estimate of drug-likeness (QED) is 0.893. The van der Waals surface area contributed by atoms with Crippen molar-refractivity contribution in [1.82, 2.24) is 0 Å². The summed E-state index contributed by atoms with van der Waals surface area (Å²) in [5.74, 6) is 1.79. The molecule has 17 heavy (non-hydrogen) atoms. The lowest BCUT2D eigenvalue weighted by atomic mass is 10.1. The molecule has 1 aromatic heterocycles. The van der Waals surface area contributed by atoms with Crippen LogP contribution in [-0.2, 0) is 0 Å². The average Bonchev–Trinajstić information content (AvgIpc) is 2.71. The number of thioether (sulfide) groups is 1. The van der Waals surface area contributed by atoms with Crippen molar-refractivity contribution in [2.24, 2.45) is 5.73 Å². The van der Waals surface area contributed by atoms with Crippen molar-refractivity contribution >= 4 is 22.7 Å². The third kappa shape index (κ3) is 2.85. The Labute approximate surface area is 107 Å². The normalized spacial score (nSPS) is 13.5. The molecule has 3 heteroatoms. The lowest BCUT2D eigenvalue weighted by Crippen LogP contribution is -2.13. The molecule has 1 heterocycles. The second-order valence-corrected chi connectivity index (χ2v) is 6.24. The third-order valence-corrected chi connectivity index (χ3v) is 3.95. The summed E-state index contributed by atoms with van der Waals surface area (Å²) in [4.78, 5) is 0. The lowest BCUT2D eigenvalue weighted by molar-refractivity contribution is 0.514. The fraction of sp³-hybridized carbons (Fsp3) is 0.429. The Morgan fingerprint density at radius 2 is 2.12 bits per heavy atom. The molecule has 1 atom stereocenters. The molecule has 1 unspecified atom stereocenters. The summed E-state index contributed by atoms with van der Waals surface area (Å²) in [6, 6.07) is 8.22. The van der Waals surface area contributed by atoms with Gasteiger partial charge in [-0.3, -0.25) is 0 Å². The topological polar surface area (TPSA) is 39.2 Å². The van der Waals surface area contributed by atoms with Crippen LogP contribution in [-0.4, -0.2) is 11.0 Å². The van der Waals surface area contributed by atoms with E-state index in [9.17, 15) is 0 Å². The molecular weight excluding hydrogens is 230 g/mol. The fourth-order valence-electron chi connectivity index (χ4n) is 1.79. The van der Waals surface area contributed by atoms with Crippen LogP contribution in [0.2, 0.25) is 0 Å². The van der Waals surface area contributed by atoms with Crippen molar-refractivity contribution in [3.05, 3.63) is 35.6 Å². The Morgan fingerprint density at radius 3 is 2.76 bits per heavy atom. The Kier molecular flexibility index (Phi) is 3.79. The number of benzene rings is 1. The molecule has 1 aromatic carbocycles. The Bertz CT molecular complexity index is 504. The number of hydrogen-bond donors (Lipinski definition) is 1. The van der Waals surface area contributed by atoms with Gasteiger partial charge in [-0.05, 0) is 23.8 Å². The summed E-state index contributed by atoms with van der Waals surface area (Å²) in [7, 11) is 0. The standard InChI is InChI=1S/C14H19NOS/c1-9(2)17-8-12(15)13-7-11-6-4-5-10(3)14(11)16-13/h4-7,9,12H,8,15H2,1-3H3. The second kappa shape index (κ2) is 5.15. The van der Waals surface area contributed by atoms with Gasteiger partial charge in [0.05, 0.1) is 6.04 Å². The van der Waals surface area contributed by atoms with Crippen LogP contribution in [0, 0.1) is 6.92 Å². The second-order valence-electron chi connectivity index (χ2n) is 4.63. The molecule has 0 fully saturated rings. The predicted molar refractivity (Wildman–Crippen MR) is 75.5 cm³/mol. The first-order chi connectivity index (χ1) is 8.08. The zero-order valence-corrected chi connectivity index (χ0v) is 11.4. The highest BCUT2D eigenvalue weighted by atomic mass is 32.2. The predicted octanol–water partition coefficient (Wildman–Crippen LogP) is 3.88. The maximum Gasteiger partial charge on any atom is 0.137 e. The van der Waals surface area contributed by atoms with Crippen LogP contribution in [0.3, 0.4) is 0 Å². The summed E-state index contributed by atoms with van der Waals surface area (Å²) >= 11 is 1.86. The van der Waals surface area contributed by atoms with Crippen LogP contribution < -0.4 is 5.73 Å². The van der Waals surface area contributed by atoms with E-state index in [1.54, 1.807) is 0 Å². The summed E-state index contributed by atoms with van der Waals surface area (Å²) in [6.07, 6.45) is 0. The third-order valence-electron chi connectivity index (χ3n) is 2.73. The van der Waals surface area contributed by atoms with Gasteiger partial charge in [-0.1, -0.05) is 32.0 Å². The van der Waals surface area contributed by atoms with Crippen molar-refractivity contribution in [3.8, 4) is 0 Å². The zero-order chi connectivity index (χ0) is 12.4. The van der Waals surface area contributed by atoms with Crippen molar-refractivity contribution in [2.75, 3.05) is 5.75 Å². The van der Waals surface area contributed by atoms with Crippen LogP contribution in [0.1, 0.15) is 31.2 Å².